The zero-order chi connectivity index (χ0) is 10.1. The third-order valence-corrected chi connectivity index (χ3v) is 2.06. The first kappa shape index (κ1) is 8.74. The Labute approximate surface area is 81.1 Å². The number of esters is 1. The number of fused-ring (bicyclic) bond motifs is 1. The Kier molecular flexibility index (Phi) is 1.96. The van der Waals surface area contributed by atoms with Crippen LogP contribution in [0.25, 0.3) is 5.65 Å². The van der Waals surface area contributed by atoms with Gasteiger partial charge in [-0.2, -0.15) is 0 Å². The largest absolute Gasteiger partial charge is 0.464 e. The summed E-state index contributed by atoms with van der Waals surface area (Å²) < 4.78 is 6.34. The maximum atomic E-state index is 11.3. The summed E-state index contributed by atoms with van der Waals surface area (Å²) >= 11 is 0. The molecule has 0 saturated heterocycles. The lowest BCUT2D eigenvalue weighted by Gasteiger charge is -1.99. The molecule has 14 heavy (non-hydrogen) atoms. The Morgan fingerprint density at radius 3 is 3.07 bits per heavy atom. The molecule has 0 saturated carbocycles. The summed E-state index contributed by atoms with van der Waals surface area (Å²) in [5.41, 5.74) is 2.31. The Balaban J connectivity index is 2.64. The minimum atomic E-state index is -0.374. The zero-order valence-corrected chi connectivity index (χ0v) is 8.02. The van der Waals surface area contributed by atoms with Gasteiger partial charge in [0.2, 0.25) is 0 Å². The van der Waals surface area contributed by atoms with Crippen LogP contribution in [-0.2, 0) is 4.74 Å². The van der Waals surface area contributed by atoms with Gasteiger partial charge < -0.3 is 4.74 Å². The third-order valence-electron chi connectivity index (χ3n) is 2.06. The van der Waals surface area contributed by atoms with Crippen molar-refractivity contribution in [2.75, 3.05) is 7.11 Å². The number of carbonyl (C=O) groups excluding carboxylic acids is 1. The monoisotopic (exact) mass is 190 g/mol. The molecule has 4 heteroatoms. The van der Waals surface area contributed by atoms with E-state index in [1.54, 1.807) is 4.40 Å². The number of hydrogen-bond donors (Lipinski definition) is 0. The molecule has 0 aliphatic rings. The van der Waals surface area contributed by atoms with Gasteiger partial charge in [-0.05, 0) is 24.6 Å². The van der Waals surface area contributed by atoms with Gasteiger partial charge in [-0.1, -0.05) is 0 Å². The van der Waals surface area contributed by atoms with E-state index >= 15 is 0 Å². The molecular formula is C10H10N2O2. The molecular weight excluding hydrogens is 180 g/mol. The Morgan fingerprint density at radius 1 is 1.57 bits per heavy atom. The van der Waals surface area contributed by atoms with E-state index in [1.807, 2.05) is 25.3 Å². The third kappa shape index (κ3) is 1.25. The number of hydrogen-bond acceptors (Lipinski definition) is 3. The smallest absolute Gasteiger partial charge is 0.356 e. The highest BCUT2D eigenvalue weighted by molar-refractivity contribution is 5.88. The predicted octanol–water partition coefficient (Wildman–Crippen LogP) is 1.43. The number of carbonyl (C=O) groups is 1. The molecule has 2 aromatic rings. The van der Waals surface area contributed by atoms with E-state index in [0.717, 1.165) is 11.2 Å². The lowest BCUT2D eigenvalue weighted by atomic mass is 10.3. The van der Waals surface area contributed by atoms with Crippen LogP contribution in [0.4, 0.5) is 0 Å². The molecule has 0 unspecified atom stereocenters. The Hall–Kier alpha value is -1.84. The molecule has 72 valence electrons. The summed E-state index contributed by atoms with van der Waals surface area (Å²) in [5.74, 6) is -0.374. The van der Waals surface area contributed by atoms with Crippen LogP contribution in [0.2, 0.25) is 0 Å². The predicted molar refractivity (Wildman–Crippen MR) is 51.3 cm³/mol. The average molecular weight is 190 g/mol. The molecule has 2 heterocycles. The fourth-order valence-electron chi connectivity index (χ4n) is 1.34. The van der Waals surface area contributed by atoms with Crippen molar-refractivity contribution in [1.29, 1.82) is 0 Å². The summed E-state index contributed by atoms with van der Waals surface area (Å²) in [6.45, 7) is 1.98. The van der Waals surface area contributed by atoms with Crippen LogP contribution < -0.4 is 0 Å². The highest BCUT2D eigenvalue weighted by Crippen LogP contribution is 2.09. The fraction of sp³-hybridized carbons (Fsp3) is 0.200. The van der Waals surface area contributed by atoms with Crippen molar-refractivity contribution in [3.05, 3.63) is 35.8 Å². The maximum absolute atomic E-state index is 11.3. The average Bonchev–Trinajstić information content (AvgIpc) is 2.59. The first-order valence-corrected chi connectivity index (χ1v) is 4.24. The van der Waals surface area contributed by atoms with Crippen molar-refractivity contribution in [3.8, 4) is 0 Å². The zero-order valence-electron chi connectivity index (χ0n) is 8.02. The van der Waals surface area contributed by atoms with Crippen LogP contribution >= 0.6 is 0 Å². The van der Waals surface area contributed by atoms with E-state index in [1.165, 1.54) is 13.3 Å². The van der Waals surface area contributed by atoms with E-state index in [9.17, 15) is 4.79 Å². The van der Waals surface area contributed by atoms with Gasteiger partial charge in [0.05, 0.1) is 13.3 Å². The van der Waals surface area contributed by atoms with Crippen molar-refractivity contribution in [2.24, 2.45) is 0 Å². The van der Waals surface area contributed by atoms with Crippen molar-refractivity contribution in [2.45, 2.75) is 6.92 Å². The standard InChI is InChI=1S/C10H10N2O2/c1-7-3-4-12-8(10(13)14-2)6-11-9(12)5-7/h3-6H,1-2H3. The van der Waals surface area contributed by atoms with Gasteiger partial charge in [0.15, 0.2) is 5.69 Å². The second-order valence-electron chi connectivity index (χ2n) is 3.07. The molecule has 0 spiro atoms. The van der Waals surface area contributed by atoms with E-state index in [4.69, 9.17) is 0 Å². The molecule has 2 aromatic heterocycles. The van der Waals surface area contributed by atoms with Crippen LogP contribution in [0, 0.1) is 6.92 Å². The molecule has 0 aliphatic heterocycles. The summed E-state index contributed by atoms with van der Waals surface area (Å²) in [6.07, 6.45) is 3.32. The van der Waals surface area contributed by atoms with Crippen LogP contribution in [0.3, 0.4) is 0 Å². The molecule has 0 radical (unpaired) electrons. The highest BCUT2D eigenvalue weighted by Gasteiger charge is 2.11. The first-order chi connectivity index (χ1) is 6.72. The number of aromatic nitrogens is 2. The van der Waals surface area contributed by atoms with Crippen molar-refractivity contribution < 1.29 is 9.53 Å². The topological polar surface area (TPSA) is 43.6 Å². The van der Waals surface area contributed by atoms with E-state index in [0.29, 0.717) is 5.69 Å². The molecule has 4 nitrogen and oxygen atoms in total. The second kappa shape index (κ2) is 3.14. The number of ether oxygens (including phenoxy) is 1. The summed E-state index contributed by atoms with van der Waals surface area (Å²) in [7, 11) is 1.36. The van der Waals surface area contributed by atoms with Gasteiger partial charge in [0.1, 0.15) is 5.65 Å². The molecule has 0 amide bonds. The lowest BCUT2D eigenvalue weighted by Crippen LogP contribution is -2.04. The lowest BCUT2D eigenvalue weighted by molar-refractivity contribution is 0.0593. The summed E-state index contributed by atoms with van der Waals surface area (Å²) in [4.78, 5) is 15.4. The van der Waals surface area contributed by atoms with Crippen molar-refractivity contribution in [3.63, 3.8) is 0 Å². The number of pyridine rings is 1. The SMILES string of the molecule is COC(=O)c1cnc2cc(C)ccn12. The fourth-order valence-corrected chi connectivity index (χ4v) is 1.34. The quantitative estimate of drug-likeness (QED) is 0.639. The number of aryl methyl sites for hydroxylation is 1. The molecule has 0 bridgehead atoms. The highest BCUT2D eigenvalue weighted by atomic mass is 16.5. The van der Waals surface area contributed by atoms with Gasteiger partial charge >= 0.3 is 5.97 Å². The number of rotatable bonds is 1. The maximum Gasteiger partial charge on any atom is 0.356 e. The van der Waals surface area contributed by atoms with E-state index < -0.39 is 0 Å². The molecule has 0 aromatic carbocycles. The van der Waals surface area contributed by atoms with Crippen molar-refractivity contribution in [1.82, 2.24) is 9.38 Å². The second-order valence-corrected chi connectivity index (χ2v) is 3.07. The molecule has 0 aliphatic carbocycles. The normalized spacial score (nSPS) is 10.4. The number of methoxy groups -OCH3 is 1. The van der Waals surface area contributed by atoms with Crippen LogP contribution in [0.5, 0.6) is 0 Å². The van der Waals surface area contributed by atoms with Gasteiger partial charge in [0, 0.05) is 6.20 Å². The van der Waals surface area contributed by atoms with Crippen molar-refractivity contribution >= 4 is 11.6 Å². The number of nitrogens with zero attached hydrogens (tertiary/aromatic N) is 2. The van der Waals surface area contributed by atoms with Crippen LogP contribution in [-0.4, -0.2) is 22.5 Å². The molecule has 0 N–H and O–H groups in total. The van der Waals surface area contributed by atoms with Gasteiger partial charge in [0.25, 0.3) is 0 Å². The van der Waals surface area contributed by atoms with Crippen LogP contribution in [0.1, 0.15) is 16.1 Å². The van der Waals surface area contributed by atoms with E-state index in [-0.39, 0.29) is 5.97 Å². The van der Waals surface area contributed by atoms with E-state index in [2.05, 4.69) is 9.72 Å². The number of imidazole rings is 1. The molecule has 2 rings (SSSR count). The first-order valence-electron chi connectivity index (χ1n) is 4.24. The Bertz CT molecular complexity index is 488. The minimum absolute atomic E-state index is 0.374. The van der Waals surface area contributed by atoms with Crippen LogP contribution in [0.15, 0.2) is 24.5 Å². The minimum Gasteiger partial charge on any atom is -0.464 e. The summed E-state index contributed by atoms with van der Waals surface area (Å²) in [5, 5.41) is 0. The van der Waals surface area contributed by atoms with Gasteiger partial charge in [-0.3, -0.25) is 4.40 Å². The summed E-state index contributed by atoms with van der Waals surface area (Å²) in [6, 6.07) is 3.83. The van der Waals surface area contributed by atoms with Gasteiger partial charge in [-0.15, -0.1) is 0 Å². The molecule has 0 atom stereocenters. The van der Waals surface area contributed by atoms with Gasteiger partial charge in [-0.25, -0.2) is 9.78 Å². The molecule has 0 fully saturated rings. The Morgan fingerprint density at radius 2 is 2.36 bits per heavy atom.